The Morgan fingerprint density at radius 2 is 1.90 bits per heavy atom. The second kappa shape index (κ2) is 5.94. The quantitative estimate of drug-likeness (QED) is 0.528. The van der Waals surface area contributed by atoms with E-state index in [9.17, 15) is 27.7 Å². The number of nitro groups is 1. The van der Waals surface area contributed by atoms with Crippen LogP contribution in [0.5, 0.6) is 0 Å². The maximum absolute atomic E-state index is 13.6. The van der Waals surface area contributed by atoms with E-state index in [2.05, 4.69) is 5.32 Å². The molecular weight excluding hydrogens is 294 g/mol. The molecule has 0 amide bonds. The minimum absolute atomic E-state index is 0.0918. The molecule has 0 unspecified atom stereocenters. The van der Waals surface area contributed by atoms with Crippen LogP contribution >= 0.6 is 0 Å². The monoisotopic (exact) mass is 307 g/mol. The lowest BCUT2D eigenvalue weighted by Crippen LogP contribution is -2.43. The molecule has 0 radical (unpaired) electrons. The minimum atomic E-state index is -4.76. The first-order valence-electron chi connectivity index (χ1n) is 6.26. The van der Waals surface area contributed by atoms with Crippen LogP contribution in [-0.2, 0) is 12.7 Å². The van der Waals surface area contributed by atoms with Gasteiger partial charge in [-0.15, -0.1) is 0 Å². The molecule has 0 saturated carbocycles. The molecule has 1 heterocycles. The Morgan fingerprint density at radius 1 is 1.29 bits per heavy atom. The van der Waals surface area contributed by atoms with Crippen LogP contribution in [0.1, 0.15) is 11.1 Å². The van der Waals surface area contributed by atoms with E-state index in [0.29, 0.717) is 32.2 Å². The molecule has 0 bridgehead atoms. The van der Waals surface area contributed by atoms with Crippen molar-refractivity contribution < 1.29 is 22.5 Å². The Morgan fingerprint density at radius 3 is 2.43 bits per heavy atom. The summed E-state index contributed by atoms with van der Waals surface area (Å²) in [6, 6.07) is 0.885. The maximum atomic E-state index is 13.6. The molecule has 1 aliphatic rings. The van der Waals surface area contributed by atoms with Crippen molar-refractivity contribution in [2.24, 2.45) is 0 Å². The van der Waals surface area contributed by atoms with E-state index in [1.165, 1.54) is 0 Å². The van der Waals surface area contributed by atoms with Crippen LogP contribution in [0.25, 0.3) is 0 Å². The zero-order chi connectivity index (χ0) is 15.6. The van der Waals surface area contributed by atoms with Crippen LogP contribution in [0.4, 0.5) is 23.2 Å². The predicted molar refractivity (Wildman–Crippen MR) is 66.2 cm³/mol. The molecule has 1 aliphatic heterocycles. The van der Waals surface area contributed by atoms with Crippen molar-refractivity contribution in [1.82, 2.24) is 10.2 Å². The van der Waals surface area contributed by atoms with Crippen molar-refractivity contribution >= 4 is 5.69 Å². The molecule has 1 N–H and O–H groups in total. The Labute approximate surface area is 117 Å². The van der Waals surface area contributed by atoms with Gasteiger partial charge in [0.15, 0.2) is 0 Å². The van der Waals surface area contributed by atoms with E-state index in [1.807, 2.05) is 0 Å². The predicted octanol–water partition coefficient (Wildman–Crippen LogP) is 2.16. The normalized spacial score (nSPS) is 17.0. The fraction of sp³-hybridized carbons (Fsp3) is 0.500. The molecule has 0 atom stereocenters. The molecule has 116 valence electrons. The van der Waals surface area contributed by atoms with E-state index in [-0.39, 0.29) is 18.2 Å². The first-order valence-corrected chi connectivity index (χ1v) is 6.26. The lowest BCUT2D eigenvalue weighted by atomic mass is 10.0. The highest BCUT2D eigenvalue weighted by Crippen LogP contribution is 2.36. The Kier molecular flexibility index (Phi) is 4.43. The second-order valence-corrected chi connectivity index (χ2v) is 4.74. The first-order chi connectivity index (χ1) is 9.79. The van der Waals surface area contributed by atoms with Gasteiger partial charge >= 0.3 is 11.9 Å². The third-order valence-corrected chi connectivity index (χ3v) is 3.28. The fourth-order valence-corrected chi connectivity index (χ4v) is 2.25. The second-order valence-electron chi connectivity index (χ2n) is 4.74. The van der Waals surface area contributed by atoms with Crippen molar-refractivity contribution in [2.45, 2.75) is 12.7 Å². The van der Waals surface area contributed by atoms with Crippen molar-refractivity contribution in [2.75, 3.05) is 26.2 Å². The van der Waals surface area contributed by atoms with Gasteiger partial charge in [-0.2, -0.15) is 17.6 Å². The van der Waals surface area contributed by atoms with Crippen LogP contribution in [0.15, 0.2) is 12.1 Å². The number of hydrogen-bond acceptors (Lipinski definition) is 4. The van der Waals surface area contributed by atoms with Crippen LogP contribution in [0.3, 0.4) is 0 Å². The number of halogens is 4. The molecule has 21 heavy (non-hydrogen) atoms. The van der Waals surface area contributed by atoms with Gasteiger partial charge in [-0.05, 0) is 11.6 Å². The van der Waals surface area contributed by atoms with Crippen LogP contribution in [0.2, 0.25) is 0 Å². The number of piperazine rings is 1. The molecule has 0 spiro atoms. The summed E-state index contributed by atoms with van der Waals surface area (Å²) >= 11 is 0. The third-order valence-electron chi connectivity index (χ3n) is 3.28. The molecule has 1 aromatic carbocycles. The molecule has 1 aromatic rings. The molecule has 2 rings (SSSR count). The van der Waals surface area contributed by atoms with Gasteiger partial charge in [-0.1, -0.05) is 0 Å². The first kappa shape index (κ1) is 15.6. The minimum Gasteiger partial charge on any atom is -0.314 e. The standard InChI is InChI=1S/C12H13F4N3O2/c13-10-5-8(7-18-3-1-17-2-4-18)9(12(14,15)16)6-11(10)19(20)21/h5-6,17H,1-4,7H2. The molecular formula is C12H13F4N3O2. The van der Waals surface area contributed by atoms with Gasteiger partial charge in [0, 0.05) is 38.8 Å². The number of benzene rings is 1. The summed E-state index contributed by atoms with van der Waals surface area (Å²) in [5, 5.41) is 13.6. The molecule has 1 fully saturated rings. The van der Waals surface area contributed by atoms with Gasteiger partial charge in [0.2, 0.25) is 5.82 Å². The van der Waals surface area contributed by atoms with E-state index in [4.69, 9.17) is 0 Å². The third kappa shape index (κ3) is 3.67. The Hall–Kier alpha value is -1.74. The van der Waals surface area contributed by atoms with Gasteiger partial charge < -0.3 is 5.32 Å². The highest BCUT2D eigenvalue weighted by Gasteiger charge is 2.36. The number of nitrogens with one attached hydrogen (secondary N) is 1. The summed E-state index contributed by atoms with van der Waals surface area (Å²) in [7, 11) is 0. The van der Waals surface area contributed by atoms with Gasteiger partial charge in [-0.3, -0.25) is 15.0 Å². The Balaban J connectivity index is 2.38. The summed E-state index contributed by atoms with van der Waals surface area (Å²) in [6.07, 6.45) is -4.76. The van der Waals surface area contributed by atoms with Gasteiger partial charge in [-0.25, -0.2) is 0 Å². The topological polar surface area (TPSA) is 58.4 Å². The highest BCUT2D eigenvalue weighted by atomic mass is 19.4. The summed E-state index contributed by atoms with van der Waals surface area (Å²) in [4.78, 5) is 11.2. The van der Waals surface area contributed by atoms with Gasteiger partial charge in [0.1, 0.15) is 0 Å². The lowest BCUT2D eigenvalue weighted by Gasteiger charge is -2.28. The number of nitro benzene ring substituents is 1. The average Bonchev–Trinajstić information content (AvgIpc) is 2.38. The van der Waals surface area contributed by atoms with E-state index >= 15 is 0 Å². The number of alkyl halides is 3. The molecule has 0 aliphatic carbocycles. The van der Waals surface area contributed by atoms with E-state index < -0.39 is 28.2 Å². The molecule has 9 heteroatoms. The highest BCUT2D eigenvalue weighted by molar-refractivity contribution is 5.43. The lowest BCUT2D eigenvalue weighted by molar-refractivity contribution is -0.387. The van der Waals surface area contributed by atoms with Crippen molar-refractivity contribution in [3.8, 4) is 0 Å². The van der Waals surface area contributed by atoms with Crippen LogP contribution in [-0.4, -0.2) is 36.0 Å². The maximum Gasteiger partial charge on any atom is 0.416 e. The van der Waals surface area contributed by atoms with E-state index in [1.54, 1.807) is 4.90 Å². The van der Waals surface area contributed by atoms with Crippen molar-refractivity contribution in [1.29, 1.82) is 0 Å². The molecule has 1 saturated heterocycles. The van der Waals surface area contributed by atoms with E-state index in [0.717, 1.165) is 0 Å². The summed E-state index contributed by atoms with van der Waals surface area (Å²) in [5.74, 6) is -1.25. The zero-order valence-electron chi connectivity index (χ0n) is 10.9. The summed E-state index contributed by atoms with van der Waals surface area (Å²) in [6.45, 7) is 2.25. The van der Waals surface area contributed by atoms with Gasteiger partial charge in [0.05, 0.1) is 10.5 Å². The SMILES string of the molecule is O=[N+]([O-])c1cc(C(F)(F)F)c(CN2CCNCC2)cc1F. The van der Waals surface area contributed by atoms with Crippen LogP contribution < -0.4 is 5.32 Å². The number of rotatable bonds is 3. The number of nitrogens with zero attached hydrogens (tertiary/aromatic N) is 2. The van der Waals surface area contributed by atoms with Crippen LogP contribution in [0, 0.1) is 15.9 Å². The molecule has 0 aromatic heterocycles. The van der Waals surface area contributed by atoms with Gasteiger partial charge in [0.25, 0.3) is 0 Å². The summed E-state index contributed by atoms with van der Waals surface area (Å²) in [5.41, 5.74) is -2.60. The smallest absolute Gasteiger partial charge is 0.314 e. The zero-order valence-corrected chi connectivity index (χ0v) is 10.9. The van der Waals surface area contributed by atoms with Crippen molar-refractivity contribution in [3.05, 3.63) is 39.2 Å². The average molecular weight is 307 g/mol. The summed E-state index contributed by atoms with van der Waals surface area (Å²) < 4.78 is 52.6. The fourth-order valence-electron chi connectivity index (χ4n) is 2.25. The Bertz CT molecular complexity index is 542. The number of hydrogen-bond donors (Lipinski definition) is 1. The largest absolute Gasteiger partial charge is 0.416 e. The molecule has 5 nitrogen and oxygen atoms in total. The van der Waals surface area contributed by atoms with Crippen molar-refractivity contribution in [3.63, 3.8) is 0 Å².